The summed E-state index contributed by atoms with van der Waals surface area (Å²) in [6.45, 7) is 2.19. The van der Waals surface area contributed by atoms with Gasteiger partial charge < -0.3 is 30.6 Å². The van der Waals surface area contributed by atoms with Crippen LogP contribution >= 0.6 is 0 Å². The van der Waals surface area contributed by atoms with Crippen LogP contribution in [0, 0.1) is 0 Å². The Morgan fingerprint density at radius 3 is 1.27 bits per heavy atom. The van der Waals surface area contributed by atoms with Crippen LogP contribution in [0.4, 0.5) is 0 Å². The highest BCUT2D eigenvalue weighted by Crippen LogP contribution is 1.99. The van der Waals surface area contributed by atoms with Gasteiger partial charge in [0.1, 0.15) is 0 Å². The minimum atomic E-state index is -1.00. The summed E-state index contributed by atoms with van der Waals surface area (Å²) in [6, 6.07) is 0. The molecule has 8 heteroatoms. The molecule has 0 aromatic rings. The summed E-state index contributed by atoms with van der Waals surface area (Å²) in [4.78, 5) is 20.4. The molecule has 0 aromatic heterocycles. The van der Waals surface area contributed by atoms with Crippen molar-refractivity contribution in [1.29, 1.82) is 0 Å². The van der Waals surface area contributed by atoms with Gasteiger partial charge in [0, 0.05) is 11.1 Å². The third-order valence-electron chi connectivity index (χ3n) is 2.49. The van der Waals surface area contributed by atoms with Crippen LogP contribution < -0.4 is 0 Å². The zero-order valence-electron chi connectivity index (χ0n) is 12.6. The standard InChI is InChI=1S/2C7H12O4/c2*1-5(7(10)11)2-3-6(9)4-8/h2*2,6,8-9H,3-4H2,1H3,(H,10,11). The molecule has 2 unspecified atom stereocenters. The first-order valence-electron chi connectivity index (χ1n) is 6.53. The second-order valence-corrected chi connectivity index (χ2v) is 4.53. The molecule has 6 N–H and O–H groups in total. The molecule has 0 bridgehead atoms. The van der Waals surface area contributed by atoms with E-state index in [4.69, 9.17) is 30.6 Å². The third-order valence-corrected chi connectivity index (χ3v) is 2.49. The van der Waals surface area contributed by atoms with Gasteiger partial charge in [-0.2, -0.15) is 0 Å². The van der Waals surface area contributed by atoms with Crippen molar-refractivity contribution in [1.82, 2.24) is 0 Å². The summed E-state index contributed by atoms with van der Waals surface area (Å²) in [5.41, 5.74) is 0.356. The van der Waals surface area contributed by atoms with Crippen molar-refractivity contribution in [3.63, 3.8) is 0 Å². The van der Waals surface area contributed by atoms with Gasteiger partial charge in [0.25, 0.3) is 0 Å². The first-order valence-corrected chi connectivity index (χ1v) is 6.53. The molecular formula is C14H24O8. The molecule has 0 rings (SSSR count). The number of hydrogen-bond acceptors (Lipinski definition) is 6. The topological polar surface area (TPSA) is 156 Å². The van der Waals surface area contributed by atoms with Crippen LogP contribution in [-0.2, 0) is 9.59 Å². The number of aliphatic carboxylic acids is 2. The molecule has 0 saturated heterocycles. The minimum absolute atomic E-state index is 0.175. The Labute approximate surface area is 128 Å². The number of aliphatic hydroxyl groups excluding tert-OH is 4. The van der Waals surface area contributed by atoms with Gasteiger partial charge in [-0.3, -0.25) is 0 Å². The summed E-state index contributed by atoms with van der Waals surface area (Å²) in [5.74, 6) is -2.01. The predicted octanol–water partition coefficient (Wildman–Crippen LogP) is -0.479. The van der Waals surface area contributed by atoms with Crippen LogP contribution in [-0.4, -0.2) is 68.0 Å². The summed E-state index contributed by atoms with van der Waals surface area (Å²) in [7, 11) is 0. The van der Waals surface area contributed by atoms with Gasteiger partial charge in [0.15, 0.2) is 0 Å². The normalized spacial score (nSPS) is 14.6. The van der Waals surface area contributed by atoms with Gasteiger partial charge in [-0.25, -0.2) is 9.59 Å². The lowest BCUT2D eigenvalue weighted by molar-refractivity contribution is -0.133. The average Bonchev–Trinajstić information content (AvgIpc) is 2.49. The van der Waals surface area contributed by atoms with Crippen molar-refractivity contribution < 1.29 is 40.2 Å². The molecule has 0 fully saturated rings. The van der Waals surface area contributed by atoms with Gasteiger partial charge in [0.05, 0.1) is 25.4 Å². The largest absolute Gasteiger partial charge is 0.478 e. The smallest absolute Gasteiger partial charge is 0.330 e. The highest BCUT2D eigenvalue weighted by Gasteiger charge is 2.03. The molecule has 0 saturated carbocycles. The minimum Gasteiger partial charge on any atom is -0.478 e. The fourth-order valence-electron chi connectivity index (χ4n) is 0.949. The second-order valence-electron chi connectivity index (χ2n) is 4.53. The summed E-state index contributed by atoms with van der Waals surface area (Å²) >= 11 is 0. The van der Waals surface area contributed by atoms with Crippen molar-refractivity contribution in [2.45, 2.75) is 38.9 Å². The van der Waals surface area contributed by atoms with E-state index in [0.717, 1.165) is 0 Å². The van der Waals surface area contributed by atoms with E-state index < -0.39 is 24.1 Å². The zero-order valence-corrected chi connectivity index (χ0v) is 12.6. The van der Waals surface area contributed by atoms with Gasteiger partial charge in [-0.05, 0) is 26.7 Å². The first-order chi connectivity index (χ1) is 10.1. The Bertz CT molecular complexity index is 362. The molecule has 0 aromatic carbocycles. The molecule has 0 aliphatic rings. The zero-order chi connectivity index (χ0) is 17.7. The van der Waals surface area contributed by atoms with Crippen molar-refractivity contribution in [3.8, 4) is 0 Å². The van der Waals surface area contributed by atoms with Gasteiger partial charge >= 0.3 is 11.9 Å². The number of rotatable bonds is 8. The summed E-state index contributed by atoms with van der Waals surface area (Å²) < 4.78 is 0. The van der Waals surface area contributed by atoms with Gasteiger partial charge in [-0.1, -0.05) is 12.2 Å². The van der Waals surface area contributed by atoms with E-state index in [-0.39, 0.29) is 37.2 Å². The molecule has 0 heterocycles. The summed E-state index contributed by atoms with van der Waals surface area (Å²) in [6.07, 6.45) is 1.39. The highest BCUT2D eigenvalue weighted by molar-refractivity contribution is 5.86. The lowest BCUT2D eigenvalue weighted by Gasteiger charge is -2.01. The van der Waals surface area contributed by atoms with Crippen molar-refractivity contribution in [2.75, 3.05) is 13.2 Å². The maximum absolute atomic E-state index is 10.2. The van der Waals surface area contributed by atoms with Crippen LogP contribution in [0.15, 0.2) is 23.3 Å². The SMILES string of the molecule is CC(=CCC(O)CO)C(=O)O.CC(=CCC(O)CO)C(=O)O. The lowest BCUT2D eigenvalue weighted by Crippen LogP contribution is -2.10. The quantitative estimate of drug-likeness (QED) is 0.328. The Morgan fingerprint density at radius 1 is 0.818 bits per heavy atom. The van der Waals surface area contributed by atoms with Crippen molar-refractivity contribution in [2.24, 2.45) is 0 Å². The first kappa shape index (κ1) is 22.5. The van der Waals surface area contributed by atoms with Crippen molar-refractivity contribution >= 4 is 11.9 Å². The Morgan fingerprint density at radius 2 is 1.09 bits per heavy atom. The van der Waals surface area contributed by atoms with Crippen molar-refractivity contribution in [3.05, 3.63) is 23.3 Å². The molecule has 2 atom stereocenters. The molecule has 128 valence electrons. The molecule has 0 amide bonds. The predicted molar refractivity (Wildman–Crippen MR) is 78.2 cm³/mol. The fraction of sp³-hybridized carbons (Fsp3) is 0.571. The maximum Gasteiger partial charge on any atom is 0.330 e. The molecule has 0 aliphatic heterocycles. The Balaban J connectivity index is 0. The van der Waals surface area contributed by atoms with E-state index in [2.05, 4.69) is 0 Å². The summed E-state index contributed by atoms with van der Waals surface area (Å²) in [5, 5.41) is 51.0. The van der Waals surface area contributed by atoms with E-state index in [1.54, 1.807) is 0 Å². The molecule has 0 spiro atoms. The number of carboxylic acid groups (broad SMARTS) is 2. The molecule has 8 nitrogen and oxygen atoms in total. The molecular weight excluding hydrogens is 296 g/mol. The van der Waals surface area contributed by atoms with E-state index in [0.29, 0.717) is 0 Å². The third kappa shape index (κ3) is 13.3. The van der Waals surface area contributed by atoms with Gasteiger partial charge in [-0.15, -0.1) is 0 Å². The van der Waals surface area contributed by atoms with Crippen LogP contribution in [0.3, 0.4) is 0 Å². The number of aliphatic hydroxyl groups is 4. The number of hydrogen-bond donors (Lipinski definition) is 6. The van der Waals surface area contributed by atoms with Crippen LogP contribution in [0.2, 0.25) is 0 Å². The van der Waals surface area contributed by atoms with E-state index in [1.165, 1.54) is 26.0 Å². The number of carboxylic acids is 2. The van der Waals surface area contributed by atoms with Crippen LogP contribution in [0.25, 0.3) is 0 Å². The number of carbonyl (C=O) groups is 2. The monoisotopic (exact) mass is 320 g/mol. The fourth-order valence-corrected chi connectivity index (χ4v) is 0.949. The second kappa shape index (κ2) is 13.0. The van der Waals surface area contributed by atoms with E-state index in [9.17, 15) is 9.59 Å². The maximum atomic E-state index is 10.2. The molecule has 0 radical (unpaired) electrons. The van der Waals surface area contributed by atoms with E-state index >= 15 is 0 Å². The average molecular weight is 320 g/mol. The van der Waals surface area contributed by atoms with Crippen LogP contribution in [0.1, 0.15) is 26.7 Å². The molecule has 22 heavy (non-hydrogen) atoms. The Hall–Kier alpha value is -1.74. The van der Waals surface area contributed by atoms with Crippen LogP contribution in [0.5, 0.6) is 0 Å². The highest BCUT2D eigenvalue weighted by atomic mass is 16.4. The van der Waals surface area contributed by atoms with E-state index in [1.807, 2.05) is 0 Å². The lowest BCUT2D eigenvalue weighted by atomic mass is 10.2. The Kier molecular flexibility index (Phi) is 13.3. The van der Waals surface area contributed by atoms with Gasteiger partial charge in [0.2, 0.25) is 0 Å². The molecule has 0 aliphatic carbocycles.